The highest BCUT2D eigenvalue weighted by molar-refractivity contribution is 6.25. The number of hydrogen-bond donors (Lipinski definition) is 1. The minimum atomic E-state index is 0.153. The first-order valence-corrected chi connectivity index (χ1v) is 6.91. The second-order valence-corrected chi connectivity index (χ2v) is 5.39. The van der Waals surface area contributed by atoms with Gasteiger partial charge in [-0.2, -0.15) is 0 Å². The van der Waals surface area contributed by atoms with Crippen LogP contribution in [0.5, 0.6) is 0 Å². The Kier molecular flexibility index (Phi) is 2.35. The molecule has 1 saturated heterocycles. The maximum atomic E-state index is 12.6. The molecule has 2 heterocycles. The fourth-order valence-electron chi connectivity index (χ4n) is 3.29. The highest BCUT2D eigenvalue weighted by Crippen LogP contribution is 2.37. The molecule has 0 saturated carbocycles. The van der Waals surface area contributed by atoms with E-state index in [1.807, 2.05) is 23.1 Å². The summed E-state index contributed by atoms with van der Waals surface area (Å²) in [5.41, 5.74) is 1.93. The smallest absolute Gasteiger partial charge is 0.259 e. The van der Waals surface area contributed by atoms with Gasteiger partial charge in [0.1, 0.15) is 0 Å². The number of hydrogen-bond acceptors (Lipinski definition) is 2. The molecule has 0 bridgehead atoms. The minimum absolute atomic E-state index is 0.153. The van der Waals surface area contributed by atoms with Crippen LogP contribution in [0.2, 0.25) is 0 Å². The van der Waals surface area contributed by atoms with Gasteiger partial charge in [-0.1, -0.05) is 24.3 Å². The molecule has 2 aromatic carbocycles. The van der Waals surface area contributed by atoms with Crippen molar-refractivity contribution in [3.05, 3.63) is 42.0 Å². The zero-order valence-corrected chi connectivity index (χ0v) is 10.7. The molecule has 0 radical (unpaired) electrons. The topological polar surface area (TPSA) is 32.3 Å². The van der Waals surface area contributed by atoms with E-state index in [4.69, 9.17) is 0 Å². The van der Waals surface area contributed by atoms with Crippen molar-refractivity contribution in [1.29, 1.82) is 0 Å². The van der Waals surface area contributed by atoms with E-state index in [1.54, 1.807) is 0 Å². The van der Waals surface area contributed by atoms with Crippen molar-refractivity contribution in [3.8, 4) is 0 Å². The lowest BCUT2D eigenvalue weighted by atomic mass is 10.1. The van der Waals surface area contributed by atoms with Crippen LogP contribution in [0, 0.1) is 0 Å². The Morgan fingerprint density at radius 2 is 2.05 bits per heavy atom. The maximum absolute atomic E-state index is 12.6. The number of carbonyl (C=O) groups is 1. The molecule has 3 heteroatoms. The molecule has 1 unspecified atom stereocenters. The molecule has 19 heavy (non-hydrogen) atoms. The van der Waals surface area contributed by atoms with Gasteiger partial charge < -0.3 is 10.2 Å². The fraction of sp³-hybridized carbons (Fsp3) is 0.312. The number of nitrogens with one attached hydrogen (secondary N) is 1. The Labute approximate surface area is 112 Å². The Bertz CT molecular complexity index is 654. The van der Waals surface area contributed by atoms with Crippen LogP contribution in [-0.2, 0) is 0 Å². The van der Waals surface area contributed by atoms with Crippen LogP contribution in [-0.4, -0.2) is 25.0 Å². The van der Waals surface area contributed by atoms with Crippen LogP contribution in [0.3, 0.4) is 0 Å². The highest BCUT2D eigenvalue weighted by atomic mass is 16.2. The Balaban J connectivity index is 1.79. The summed E-state index contributed by atoms with van der Waals surface area (Å²) in [4.78, 5) is 14.5. The Hall–Kier alpha value is -1.87. The van der Waals surface area contributed by atoms with Crippen molar-refractivity contribution >= 4 is 22.4 Å². The van der Waals surface area contributed by atoms with Gasteiger partial charge in [0.05, 0.1) is 5.69 Å². The molecule has 2 aliphatic heterocycles. The standard InChI is InChI=1S/C16H16N2O/c19-16-13-7-1-4-11-5-2-8-14(15(11)13)18(16)10-12-6-3-9-17-12/h1-2,4-5,7-8,12,17H,3,6,9-10H2. The van der Waals surface area contributed by atoms with Crippen molar-refractivity contribution < 1.29 is 4.79 Å². The van der Waals surface area contributed by atoms with Crippen molar-refractivity contribution in [1.82, 2.24) is 5.32 Å². The first-order valence-electron chi connectivity index (χ1n) is 6.91. The third kappa shape index (κ3) is 1.58. The summed E-state index contributed by atoms with van der Waals surface area (Å²) in [6, 6.07) is 12.6. The Morgan fingerprint density at radius 3 is 2.84 bits per heavy atom. The van der Waals surface area contributed by atoms with E-state index >= 15 is 0 Å². The quantitative estimate of drug-likeness (QED) is 0.891. The maximum Gasteiger partial charge on any atom is 0.259 e. The molecule has 2 aromatic rings. The second-order valence-electron chi connectivity index (χ2n) is 5.39. The van der Waals surface area contributed by atoms with E-state index in [9.17, 15) is 4.79 Å². The van der Waals surface area contributed by atoms with Gasteiger partial charge in [-0.3, -0.25) is 4.79 Å². The van der Waals surface area contributed by atoms with Crippen LogP contribution in [0.1, 0.15) is 23.2 Å². The van der Waals surface area contributed by atoms with E-state index in [1.165, 1.54) is 6.42 Å². The minimum Gasteiger partial charge on any atom is -0.312 e. The number of rotatable bonds is 2. The summed E-state index contributed by atoms with van der Waals surface area (Å²) in [6.45, 7) is 1.86. The van der Waals surface area contributed by atoms with E-state index < -0.39 is 0 Å². The largest absolute Gasteiger partial charge is 0.312 e. The molecule has 1 fully saturated rings. The highest BCUT2D eigenvalue weighted by Gasteiger charge is 2.31. The van der Waals surface area contributed by atoms with Crippen LogP contribution in [0.25, 0.3) is 10.8 Å². The second kappa shape index (κ2) is 4.07. The van der Waals surface area contributed by atoms with E-state index in [0.29, 0.717) is 6.04 Å². The monoisotopic (exact) mass is 252 g/mol. The number of carbonyl (C=O) groups excluding carboxylic acids is 1. The third-order valence-corrected chi connectivity index (χ3v) is 4.21. The van der Waals surface area contributed by atoms with E-state index in [0.717, 1.165) is 41.5 Å². The van der Waals surface area contributed by atoms with Gasteiger partial charge in [0.15, 0.2) is 0 Å². The lowest BCUT2D eigenvalue weighted by Crippen LogP contribution is -2.39. The average molecular weight is 252 g/mol. The van der Waals surface area contributed by atoms with Gasteiger partial charge in [-0.15, -0.1) is 0 Å². The summed E-state index contributed by atoms with van der Waals surface area (Å²) in [5.74, 6) is 0.153. The SMILES string of the molecule is O=C1c2cccc3cccc(c23)N1CC1CCCN1. The first-order chi connectivity index (χ1) is 9.34. The molecule has 1 amide bonds. The molecule has 0 spiro atoms. The predicted octanol–water partition coefficient (Wildman–Crippen LogP) is 2.55. The summed E-state index contributed by atoms with van der Waals surface area (Å²) in [6.07, 6.45) is 2.37. The molecule has 4 rings (SSSR count). The summed E-state index contributed by atoms with van der Waals surface area (Å²) < 4.78 is 0. The van der Waals surface area contributed by atoms with E-state index in [2.05, 4.69) is 23.5 Å². The molecule has 1 N–H and O–H groups in total. The summed E-state index contributed by atoms with van der Waals surface area (Å²) in [5, 5.41) is 5.75. The van der Waals surface area contributed by atoms with Crippen molar-refractivity contribution in [2.75, 3.05) is 18.0 Å². The van der Waals surface area contributed by atoms with Gasteiger partial charge in [-0.25, -0.2) is 0 Å². The fourth-order valence-corrected chi connectivity index (χ4v) is 3.29. The summed E-state index contributed by atoms with van der Waals surface area (Å²) >= 11 is 0. The summed E-state index contributed by atoms with van der Waals surface area (Å²) in [7, 11) is 0. The van der Waals surface area contributed by atoms with Crippen LogP contribution in [0.4, 0.5) is 5.69 Å². The van der Waals surface area contributed by atoms with Gasteiger partial charge in [0.2, 0.25) is 0 Å². The molecule has 0 aliphatic carbocycles. The van der Waals surface area contributed by atoms with Gasteiger partial charge in [0, 0.05) is 23.5 Å². The number of nitrogens with zero attached hydrogens (tertiary/aromatic N) is 1. The van der Waals surface area contributed by atoms with Gasteiger partial charge in [-0.05, 0) is 36.9 Å². The molecule has 3 nitrogen and oxygen atoms in total. The van der Waals surface area contributed by atoms with Crippen LogP contribution in [0.15, 0.2) is 36.4 Å². The van der Waals surface area contributed by atoms with Crippen molar-refractivity contribution in [2.24, 2.45) is 0 Å². The number of anilines is 1. The first kappa shape index (κ1) is 11.0. The third-order valence-electron chi connectivity index (χ3n) is 4.21. The van der Waals surface area contributed by atoms with Gasteiger partial charge in [0.25, 0.3) is 5.91 Å². The molecular formula is C16H16N2O. The van der Waals surface area contributed by atoms with Gasteiger partial charge >= 0.3 is 0 Å². The predicted molar refractivity (Wildman–Crippen MR) is 76.6 cm³/mol. The lowest BCUT2D eigenvalue weighted by Gasteiger charge is -2.21. The van der Waals surface area contributed by atoms with Crippen LogP contribution < -0.4 is 10.2 Å². The average Bonchev–Trinajstić information content (AvgIpc) is 3.04. The van der Waals surface area contributed by atoms with E-state index in [-0.39, 0.29) is 5.91 Å². The number of amides is 1. The molecular weight excluding hydrogens is 236 g/mol. The lowest BCUT2D eigenvalue weighted by molar-refractivity contribution is 0.0991. The normalized spacial score (nSPS) is 21.6. The zero-order valence-electron chi connectivity index (χ0n) is 10.7. The van der Waals surface area contributed by atoms with Crippen LogP contribution >= 0.6 is 0 Å². The number of benzene rings is 2. The zero-order chi connectivity index (χ0) is 12.8. The van der Waals surface area contributed by atoms with Crippen molar-refractivity contribution in [2.45, 2.75) is 18.9 Å². The molecule has 96 valence electrons. The molecule has 0 aromatic heterocycles. The molecule has 1 atom stereocenters. The Morgan fingerprint density at radius 1 is 1.21 bits per heavy atom. The van der Waals surface area contributed by atoms with Crippen molar-refractivity contribution in [3.63, 3.8) is 0 Å². The molecule has 2 aliphatic rings.